The molecule has 1 aliphatic rings. The maximum absolute atomic E-state index is 12.8. The summed E-state index contributed by atoms with van der Waals surface area (Å²) in [4.78, 5) is 0.0618. The Kier molecular flexibility index (Phi) is 5.28. The van der Waals surface area contributed by atoms with Crippen LogP contribution in [-0.4, -0.2) is 31.9 Å². The molecule has 1 aliphatic heterocycles. The van der Waals surface area contributed by atoms with E-state index in [-0.39, 0.29) is 16.6 Å². The van der Waals surface area contributed by atoms with E-state index in [1.165, 1.54) is 16.4 Å². The molecule has 5 nitrogen and oxygen atoms in total. The Morgan fingerprint density at radius 3 is 2.52 bits per heavy atom. The van der Waals surface area contributed by atoms with Gasteiger partial charge < -0.3 is 4.74 Å². The molecule has 0 unspecified atom stereocenters. The zero-order valence-electron chi connectivity index (χ0n) is 13.4. The van der Waals surface area contributed by atoms with Crippen molar-refractivity contribution in [2.75, 3.05) is 13.1 Å². The van der Waals surface area contributed by atoms with Crippen LogP contribution in [0.3, 0.4) is 0 Å². The molecule has 0 aromatic heterocycles. The average molecular weight is 377 g/mol. The molecule has 1 saturated heterocycles. The molecule has 0 saturated carbocycles. The first-order valence-corrected chi connectivity index (χ1v) is 9.74. The smallest absolute Gasteiger partial charge is 0.244 e. The maximum atomic E-state index is 12.8. The molecule has 0 aliphatic carbocycles. The van der Waals surface area contributed by atoms with E-state index in [4.69, 9.17) is 21.6 Å². The van der Waals surface area contributed by atoms with Gasteiger partial charge in [-0.15, -0.1) is 0 Å². The third-order valence-electron chi connectivity index (χ3n) is 4.13. The van der Waals surface area contributed by atoms with Gasteiger partial charge in [-0.1, -0.05) is 29.8 Å². The second kappa shape index (κ2) is 7.44. The Bertz CT molecular complexity index is 901. The molecule has 3 rings (SSSR count). The molecule has 1 heterocycles. The highest BCUT2D eigenvalue weighted by Gasteiger charge is 2.31. The van der Waals surface area contributed by atoms with Crippen LogP contribution in [-0.2, 0) is 10.0 Å². The second-order valence-corrected chi connectivity index (χ2v) is 8.13. The van der Waals surface area contributed by atoms with Crippen LogP contribution in [0.15, 0.2) is 53.4 Å². The largest absolute Gasteiger partial charge is 0.490 e. The van der Waals surface area contributed by atoms with Gasteiger partial charge in [0, 0.05) is 18.1 Å². The molecule has 0 amide bonds. The highest BCUT2D eigenvalue weighted by Crippen LogP contribution is 2.26. The molecule has 2 aromatic rings. The van der Waals surface area contributed by atoms with E-state index in [9.17, 15) is 8.42 Å². The number of halogens is 1. The molecular formula is C18H17ClN2O3S. The van der Waals surface area contributed by atoms with Crippen LogP contribution in [0.2, 0.25) is 5.02 Å². The predicted molar refractivity (Wildman–Crippen MR) is 95.0 cm³/mol. The molecule has 0 bridgehead atoms. The minimum atomic E-state index is -3.67. The van der Waals surface area contributed by atoms with Crippen molar-refractivity contribution in [1.82, 2.24) is 4.31 Å². The Morgan fingerprint density at radius 1 is 1.12 bits per heavy atom. The molecule has 1 fully saturated rings. The van der Waals surface area contributed by atoms with Gasteiger partial charge in [0.05, 0.1) is 10.5 Å². The SMILES string of the molecule is N#Cc1ccccc1S(=O)(=O)N1CCC(Oc2cccc(Cl)c2)CC1. The summed E-state index contributed by atoms with van der Waals surface area (Å²) in [6.07, 6.45) is 1.11. The monoisotopic (exact) mass is 376 g/mol. The Labute approximate surface area is 152 Å². The van der Waals surface area contributed by atoms with Crippen molar-refractivity contribution >= 4 is 21.6 Å². The maximum Gasteiger partial charge on any atom is 0.244 e. The molecule has 0 atom stereocenters. The van der Waals surface area contributed by atoms with E-state index in [1.54, 1.807) is 24.3 Å². The van der Waals surface area contributed by atoms with Gasteiger partial charge in [0.15, 0.2) is 0 Å². The fourth-order valence-electron chi connectivity index (χ4n) is 2.85. The van der Waals surface area contributed by atoms with Gasteiger partial charge in [0.2, 0.25) is 10.0 Å². The van der Waals surface area contributed by atoms with Gasteiger partial charge in [0.25, 0.3) is 0 Å². The minimum absolute atomic E-state index is 0.0591. The van der Waals surface area contributed by atoms with E-state index < -0.39 is 10.0 Å². The summed E-state index contributed by atoms with van der Waals surface area (Å²) in [7, 11) is -3.67. The summed E-state index contributed by atoms with van der Waals surface area (Å²) >= 11 is 5.95. The Hall–Kier alpha value is -2.07. The first-order valence-electron chi connectivity index (χ1n) is 7.92. The van der Waals surface area contributed by atoms with E-state index in [0.29, 0.717) is 36.7 Å². The number of ether oxygens (including phenoxy) is 1. The molecule has 7 heteroatoms. The van der Waals surface area contributed by atoms with Crippen LogP contribution in [0, 0.1) is 11.3 Å². The number of rotatable bonds is 4. The van der Waals surface area contributed by atoms with Crippen molar-refractivity contribution in [2.45, 2.75) is 23.8 Å². The Morgan fingerprint density at radius 2 is 1.84 bits per heavy atom. The molecule has 0 radical (unpaired) electrons. The highest BCUT2D eigenvalue weighted by molar-refractivity contribution is 7.89. The summed E-state index contributed by atoms with van der Waals surface area (Å²) in [6, 6.07) is 15.4. The molecule has 0 spiro atoms. The van der Waals surface area contributed by atoms with Crippen LogP contribution in [0.5, 0.6) is 5.75 Å². The lowest BCUT2D eigenvalue weighted by atomic mass is 10.1. The number of hydrogen-bond donors (Lipinski definition) is 0. The normalized spacial score (nSPS) is 16.3. The van der Waals surface area contributed by atoms with Crippen LogP contribution >= 0.6 is 11.6 Å². The van der Waals surface area contributed by atoms with Crippen molar-refractivity contribution in [3.63, 3.8) is 0 Å². The third kappa shape index (κ3) is 3.96. The zero-order valence-corrected chi connectivity index (χ0v) is 15.0. The lowest BCUT2D eigenvalue weighted by Crippen LogP contribution is -2.41. The van der Waals surface area contributed by atoms with Gasteiger partial charge in [-0.3, -0.25) is 0 Å². The number of sulfonamides is 1. The van der Waals surface area contributed by atoms with Gasteiger partial charge in [0.1, 0.15) is 17.9 Å². The highest BCUT2D eigenvalue weighted by atomic mass is 35.5. The van der Waals surface area contributed by atoms with E-state index in [2.05, 4.69) is 0 Å². The van der Waals surface area contributed by atoms with Gasteiger partial charge in [-0.05, 0) is 43.2 Å². The van der Waals surface area contributed by atoms with Crippen LogP contribution < -0.4 is 4.74 Å². The van der Waals surface area contributed by atoms with Crippen molar-refractivity contribution in [1.29, 1.82) is 5.26 Å². The second-order valence-electron chi connectivity index (χ2n) is 5.79. The molecule has 25 heavy (non-hydrogen) atoms. The van der Waals surface area contributed by atoms with Gasteiger partial charge in [-0.2, -0.15) is 9.57 Å². The van der Waals surface area contributed by atoms with Crippen LogP contribution in [0.1, 0.15) is 18.4 Å². The first kappa shape index (κ1) is 17.7. The fraction of sp³-hybridized carbons (Fsp3) is 0.278. The first-order chi connectivity index (χ1) is 12.0. The average Bonchev–Trinajstić information content (AvgIpc) is 2.62. The fourth-order valence-corrected chi connectivity index (χ4v) is 4.64. The van der Waals surface area contributed by atoms with Crippen LogP contribution in [0.4, 0.5) is 0 Å². The summed E-state index contributed by atoms with van der Waals surface area (Å²) < 4.78 is 32.9. The van der Waals surface area contributed by atoms with Crippen molar-refractivity contribution in [3.8, 4) is 11.8 Å². The van der Waals surface area contributed by atoms with Crippen molar-refractivity contribution in [2.24, 2.45) is 0 Å². The Balaban J connectivity index is 1.68. The standard InChI is InChI=1S/C18H17ClN2O3S/c19-15-5-3-6-17(12-15)24-16-8-10-21(11-9-16)25(22,23)18-7-2-1-4-14(18)13-20/h1-7,12,16H,8-11H2. The summed E-state index contributed by atoms with van der Waals surface area (Å²) in [6.45, 7) is 0.709. The summed E-state index contributed by atoms with van der Waals surface area (Å²) in [5.41, 5.74) is 0.166. The van der Waals surface area contributed by atoms with E-state index in [1.807, 2.05) is 18.2 Å². The summed E-state index contributed by atoms with van der Waals surface area (Å²) in [5.74, 6) is 0.684. The predicted octanol–water partition coefficient (Wildman–Crippen LogP) is 3.44. The van der Waals surface area contributed by atoms with Gasteiger partial charge >= 0.3 is 0 Å². The lowest BCUT2D eigenvalue weighted by Gasteiger charge is -2.31. The van der Waals surface area contributed by atoms with E-state index >= 15 is 0 Å². The van der Waals surface area contributed by atoms with E-state index in [0.717, 1.165) is 0 Å². The topological polar surface area (TPSA) is 70.4 Å². The zero-order chi connectivity index (χ0) is 17.9. The van der Waals surface area contributed by atoms with Gasteiger partial charge in [-0.25, -0.2) is 8.42 Å². The molecule has 2 aromatic carbocycles. The quantitative estimate of drug-likeness (QED) is 0.819. The molecule has 0 N–H and O–H groups in total. The van der Waals surface area contributed by atoms with Crippen LogP contribution in [0.25, 0.3) is 0 Å². The lowest BCUT2D eigenvalue weighted by molar-refractivity contribution is 0.135. The minimum Gasteiger partial charge on any atom is -0.490 e. The number of benzene rings is 2. The number of nitrogens with zero attached hydrogens (tertiary/aromatic N) is 2. The number of hydrogen-bond acceptors (Lipinski definition) is 4. The van der Waals surface area contributed by atoms with Crippen molar-refractivity contribution in [3.05, 3.63) is 59.1 Å². The third-order valence-corrected chi connectivity index (χ3v) is 6.32. The molecular weight excluding hydrogens is 360 g/mol. The number of piperidine rings is 1. The molecule has 130 valence electrons. The summed E-state index contributed by atoms with van der Waals surface area (Å²) in [5, 5.41) is 9.75. The van der Waals surface area contributed by atoms with Crippen molar-refractivity contribution < 1.29 is 13.2 Å². The number of nitriles is 1.